The van der Waals surface area contributed by atoms with Crippen LogP contribution in [0.2, 0.25) is 0 Å². The second-order valence-electron chi connectivity index (χ2n) is 3.44. The third kappa shape index (κ3) is 2.83. The lowest BCUT2D eigenvalue weighted by Crippen LogP contribution is -2.16. The minimum atomic E-state index is -4.99. The van der Waals surface area contributed by atoms with Crippen molar-refractivity contribution in [3.05, 3.63) is 35.9 Å². The van der Waals surface area contributed by atoms with Crippen molar-refractivity contribution < 1.29 is 26.3 Å². The molecule has 0 unspecified atom stereocenters. The van der Waals surface area contributed by atoms with E-state index in [4.69, 9.17) is 0 Å². The normalized spacial score (nSPS) is 12.7. The second-order valence-corrected chi connectivity index (χ2v) is 3.44. The van der Waals surface area contributed by atoms with Gasteiger partial charge in [-0.05, 0) is 12.1 Å². The van der Waals surface area contributed by atoms with Crippen molar-refractivity contribution in [3.8, 4) is 5.69 Å². The summed E-state index contributed by atoms with van der Waals surface area (Å²) < 4.78 is 75.8. The zero-order valence-corrected chi connectivity index (χ0v) is 8.87. The molecule has 10 heteroatoms. The van der Waals surface area contributed by atoms with Gasteiger partial charge in [-0.2, -0.15) is 26.3 Å². The molecular formula is C9H4F6N4. The maximum absolute atomic E-state index is 12.5. The number of halogens is 6. The topological polar surface area (TPSA) is 43.6 Å². The van der Waals surface area contributed by atoms with Crippen LogP contribution in [0.4, 0.5) is 26.3 Å². The van der Waals surface area contributed by atoms with Crippen molar-refractivity contribution in [3.63, 3.8) is 0 Å². The molecule has 0 saturated heterocycles. The maximum Gasteiger partial charge on any atom is 0.433 e. The van der Waals surface area contributed by atoms with Gasteiger partial charge >= 0.3 is 12.4 Å². The van der Waals surface area contributed by atoms with Crippen LogP contribution in [0.15, 0.2) is 24.5 Å². The van der Waals surface area contributed by atoms with E-state index in [0.29, 0.717) is 12.1 Å². The molecule has 102 valence electrons. The smallest absolute Gasteiger partial charge is 0.239 e. The van der Waals surface area contributed by atoms with Gasteiger partial charge in [0.1, 0.15) is 11.4 Å². The molecule has 2 rings (SSSR count). The van der Waals surface area contributed by atoms with Gasteiger partial charge in [-0.1, -0.05) is 5.21 Å². The van der Waals surface area contributed by atoms with E-state index in [0.717, 1.165) is 17.1 Å². The number of nitrogens with zero attached hydrogens (tertiary/aromatic N) is 4. The van der Waals surface area contributed by atoms with Gasteiger partial charge in [0.05, 0.1) is 18.1 Å². The first-order valence-corrected chi connectivity index (χ1v) is 4.71. The number of alkyl halides is 6. The first-order valence-electron chi connectivity index (χ1n) is 4.71. The molecule has 0 saturated carbocycles. The Bertz CT molecular complexity index is 539. The largest absolute Gasteiger partial charge is 0.433 e. The Morgan fingerprint density at radius 1 is 0.895 bits per heavy atom. The summed E-state index contributed by atoms with van der Waals surface area (Å²) >= 11 is 0. The van der Waals surface area contributed by atoms with Gasteiger partial charge in [-0.15, -0.1) is 5.10 Å². The van der Waals surface area contributed by atoms with E-state index in [1.807, 2.05) is 0 Å². The van der Waals surface area contributed by atoms with Crippen molar-refractivity contribution >= 4 is 0 Å². The molecule has 0 atom stereocenters. The number of aromatic nitrogens is 4. The van der Waals surface area contributed by atoms with Crippen LogP contribution >= 0.6 is 0 Å². The Morgan fingerprint density at radius 2 is 1.42 bits per heavy atom. The average molecular weight is 282 g/mol. The van der Waals surface area contributed by atoms with Crippen LogP contribution in [-0.2, 0) is 12.4 Å². The van der Waals surface area contributed by atoms with E-state index in [9.17, 15) is 26.3 Å². The molecule has 0 aromatic carbocycles. The molecule has 0 aliphatic rings. The Balaban J connectivity index is 2.62. The summed E-state index contributed by atoms with van der Waals surface area (Å²) in [6.07, 6.45) is -7.73. The molecule has 4 nitrogen and oxygen atoms in total. The number of rotatable bonds is 1. The molecule has 0 N–H and O–H groups in total. The fraction of sp³-hybridized carbons (Fsp3) is 0.222. The molecule has 2 aromatic rings. The highest BCUT2D eigenvalue weighted by Crippen LogP contribution is 2.34. The predicted molar refractivity (Wildman–Crippen MR) is 49.2 cm³/mol. The third-order valence-corrected chi connectivity index (χ3v) is 2.08. The summed E-state index contributed by atoms with van der Waals surface area (Å²) in [6, 6.07) is 0.924. The van der Waals surface area contributed by atoms with Crippen LogP contribution in [0.1, 0.15) is 11.4 Å². The molecule has 0 aliphatic carbocycles. The maximum atomic E-state index is 12.5. The quantitative estimate of drug-likeness (QED) is 0.755. The monoisotopic (exact) mass is 282 g/mol. The molecule has 2 aromatic heterocycles. The van der Waals surface area contributed by atoms with Crippen molar-refractivity contribution in [1.29, 1.82) is 0 Å². The summed E-state index contributed by atoms with van der Waals surface area (Å²) in [5, 5.41) is 6.65. The zero-order chi connectivity index (χ0) is 14.3. The van der Waals surface area contributed by atoms with Crippen molar-refractivity contribution in [2.45, 2.75) is 12.4 Å². The van der Waals surface area contributed by atoms with Gasteiger partial charge in [-0.25, -0.2) is 9.67 Å². The molecule has 0 aliphatic heterocycles. The number of hydrogen-bond donors (Lipinski definition) is 0. The first-order chi connectivity index (χ1) is 8.68. The standard InChI is InChI=1S/C9H4F6N4/c10-8(11,12)6-3-5(19-2-1-16-18-19)4-7(17-6)9(13,14)15/h1-4H. The van der Waals surface area contributed by atoms with Gasteiger partial charge < -0.3 is 0 Å². The predicted octanol–water partition coefficient (Wildman–Crippen LogP) is 2.70. The van der Waals surface area contributed by atoms with Gasteiger partial charge in [-0.3, -0.25) is 0 Å². The highest BCUT2D eigenvalue weighted by Gasteiger charge is 2.39. The van der Waals surface area contributed by atoms with Crippen LogP contribution in [0.5, 0.6) is 0 Å². The van der Waals surface area contributed by atoms with E-state index in [1.54, 1.807) is 0 Å². The SMILES string of the molecule is FC(F)(F)c1cc(-n2ccnn2)cc(C(F)(F)F)n1. The molecule has 19 heavy (non-hydrogen) atoms. The summed E-state index contributed by atoms with van der Waals surface area (Å²) in [5.74, 6) is 0. The Labute approximate surface area is 101 Å². The fourth-order valence-electron chi connectivity index (χ4n) is 1.28. The lowest BCUT2D eigenvalue weighted by molar-refractivity contribution is -0.150. The van der Waals surface area contributed by atoms with E-state index in [1.165, 1.54) is 0 Å². The minimum Gasteiger partial charge on any atom is -0.239 e. The summed E-state index contributed by atoms with van der Waals surface area (Å²) in [4.78, 5) is 2.57. The van der Waals surface area contributed by atoms with E-state index in [-0.39, 0.29) is 0 Å². The molecule has 0 amide bonds. The summed E-state index contributed by atoms with van der Waals surface area (Å²) in [6.45, 7) is 0. The van der Waals surface area contributed by atoms with Crippen molar-refractivity contribution in [2.75, 3.05) is 0 Å². The molecule has 0 bridgehead atoms. The van der Waals surface area contributed by atoms with Gasteiger partial charge in [0, 0.05) is 0 Å². The Hall–Kier alpha value is -2.13. The molecule has 2 heterocycles. The van der Waals surface area contributed by atoms with Gasteiger partial charge in [0.15, 0.2) is 0 Å². The zero-order valence-electron chi connectivity index (χ0n) is 8.87. The second kappa shape index (κ2) is 4.21. The highest BCUT2D eigenvalue weighted by atomic mass is 19.4. The lowest BCUT2D eigenvalue weighted by atomic mass is 10.2. The minimum absolute atomic E-state index is 0.424. The van der Waals surface area contributed by atoms with Crippen LogP contribution < -0.4 is 0 Å². The van der Waals surface area contributed by atoms with Crippen LogP contribution in [0, 0.1) is 0 Å². The molecular weight excluding hydrogens is 278 g/mol. The number of hydrogen-bond acceptors (Lipinski definition) is 3. The van der Waals surface area contributed by atoms with E-state index in [2.05, 4.69) is 15.3 Å². The Morgan fingerprint density at radius 3 is 1.79 bits per heavy atom. The Kier molecular flexibility index (Phi) is 2.95. The van der Waals surface area contributed by atoms with E-state index < -0.39 is 29.4 Å². The lowest BCUT2D eigenvalue weighted by Gasteiger charge is -2.12. The molecule has 0 fully saturated rings. The summed E-state index contributed by atoms with van der Waals surface area (Å²) in [7, 11) is 0. The first kappa shape index (κ1) is 13.3. The highest BCUT2D eigenvalue weighted by molar-refractivity contribution is 5.36. The average Bonchev–Trinajstić information content (AvgIpc) is 2.79. The number of pyridine rings is 1. The van der Waals surface area contributed by atoms with Crippen LogP contribution in [-0.4, -0.2) is 20.0 Å². The van der Waals surface area contributed by atoms with E-state index >= 15 is 0 Å². The fourth-order valence-corrected chi connectivity index (χ4v) is 1.28. The summed E-state index contributed by atoms with van der Waals surface area (Å²) in [5.41, 5.74) is -3.72. The van der Waals surface area contributed by atoms with Crippen molar-refractivity contribution in [1.82, 2.24) is 20.0 Å². The van der Waals surface area contributed by atoms with Gasteiger partial charge in [0.25, 0.3) is 0 Å². The molecule has 0 spiro atoms. The van der Waals surface area contributed by atoms with Crippen LogP contribution in [0.3, 0.4) is 0 Å². The molecule has 0 radical (unpaired) electrons. The van der Waals surface area contributed by atoms with Crippen molar-refractivity contribution in [2.24, 2.45) is 0 Å². The third-order valence-electron chi connectivity index (χ3n) is 2.08. The van der Waals surface area contributed by atoms with Crippen LogP contribution in [0.25, 0.3) is 5.69 Å². The van der Waals surface area contributed by atoms with Gasteiger partial charge in [0.2, 0.25) is 0 Å².